The fourth-order valence-electron chi connectivity index (χ4n) is 3.97. The number of halogens is 1. The maximum Gasteiger partial charge on any atom is 0.179 e. The maximum atomic E-state index is 12.9. The first-order chi connectivity index (χ1) is 13.0. The minimum absolute atomic E-state index is 0. The van der Waals surface area contributed by atoms with Gasteiger partial charge in [0.2, 0.25) is 0 Å². The van der Waals surface area contributed by atoms with E-state index in [1.807, 2.05) is 55.6 Å². The third kappa shape index (κ3) is 3.15. The first-order valence-corrected chi connectivity index (χ1v) is 9.10. The third-order valence-electron chi connectivity index (χ3n) is 5.29. The lowest BCUT2D eigenvalue weighted by Crippen LogP contribution is -2.30. The number of hydrogen-bond acceptors (Lipinski definition) is 4. The van der Waals surface area contributed by atoms with Crippen molar-refractivity contribution in [1.82, 2.24) is 0 Å². The highest BCUT2D eigenvalue weighted by Gasteiger charge is 2.33. The zero-order valence-electron chi connectivity index (χ0n) is 15.9. The lowest BCUT2D eigenvalue weighted by Gasteiger charge is -2.37. The second kappa shape index (κ2) is 7.66. The minimum atomic E-state index is -0.550. The standard InChI is InChI=1S/C23H23N3O.ClH/c1-14(24)23(27)18-7-5-9-20-22(18)21(15-10-12-16(25)13-11-15)17-6-3-4-8-19(17)26(20)2;/h3-14,21H,24-25H2,1-2H3;1H/t14-,21?;/m0./s1. The van der Waals surface area contributed by atoms with Crippen molar-refractivity contribution in [2.24, 2.45) is 5.73 Å². The SMILES string of the molecule is C[C@H](N)C(=O)c1cccc2c1C(c1ccc(N)cc1)c1ccccc1N2C.Cl. The number of carbonyl (C=O) groups is 1. The Labute approximate surface area is 171 Å². The van der Waals surface area contributed by atoms with E-state index >= 15 is 0 Å². The van der Waals surface area contributed by atoms with Crippen LogP contribution in [0.25, 0.3) is 0 Å². The molecule has 0 aromatic heterocycles. The zero-order chi connectivity index (χ0) is 19.1. The van der Waals surface area contributed by atoms with E-state index in [-0.39, 0.29) is 24.1 Å². The number of anilines is 3. The van der Waals surface area contributed by atoms with Crippen LogP contribution in [0.1, 0.15) is 39.9 Å². The van der Waals surface area contributed by atoms with Crippen LogP contribution in [-0.2, 0) is 0 Å². The second-order valence-corrected chi connectivity index (χ2v) is 7.11. The lowest BCUT2D eigenvalue weighted by molar-refractivity contribution is 0.0967. The van der Waals surface area contributed by atoms with Crippen LogP contribution in [-0.4, -0.2) is 18.9 Å². The van der Waals surface area contributed by atoms with Crippen LogP contribution in [0.15, 0.2) is 66.7 Å². The summed E-state index contributed by atoms with van der Waals surface area (Å²) in [5.41, 5.74) is 18.7. The number of benzene rings is 3. The third-order valence-corrected chi connectivity index (χ3v) is 5.29. The molecular weight excluding hydrogens is 370 g/mol. The molecule has 0 amide bonds. The summed E-state index contributed by atoms with van der Waals surface area (Å²) >= 11 is 0. The molecule has 2 atom stereocenters. The molecule has 4 rings (SSSR count). The summed E-state index contributed by atoms with van der Waals surface area (Å²) in [4.78, 5) is 15.1. The van der Waals surface area contributed by atoms with Gasteiger partial charge in [-0.1, -0.05) is 42.5 Å². The van der Waals surface area contributed by atoms with Gasteiger partial charge < -0.3 is 16.4 Å². The van der Waals surface area contributed by atoms with Crippen molar-refractivity contribution in [3.05, 3.63) is 89.0 Å². The quantitative estimate of drug-likeness (QED) is 0.508. The number of hydrogen-bond donors (Lipinski definition) is 2. The number of fused-ring (bicyclic) bond motifs is 2. The molecular formula is C23H24ClN3O. The van der Waals surface area contributed by atoms with Gasteiger partial charge in [0.1, 0.15) is 0 Å². The molecule has 4 nitrogen and oxygen atoms in total. The zero-order valence-corrected chi connectivity index (χ0v) is 16.7. The first-order valence-electron chi connectivity index (χ1n) is 9.10. The van der Waals surface area contributed by atoms with Crippen LogP contribution >= 0.6 is 12.4 Å². The summed E-state index contributed by atoms with van der Waals surface area (Å²) in [5.74, 6) is -0.0908. The number of nitrogen functional groups attached to an aromatic ring is 1. The number of Topliss-reactive ketones (excluding diaryl/α,β-unsaturated/α-hetero) is 1. The van der Waals surface area contributed by atoms with Crippen LogP contribution in [0.5, 0.6) is 0 Å². The molecule has 144 valence electrons. The van der Waals surface area contributed by atoms with Crippen LogP contribution in [0, 0.1) is 0 Å². The van der Waals surface area contributed by atoms with E-state index in [0.29, 0.717) is 5.56 Å². The Kier molecular flexibility index (Phi) is 5.45. The molecule has 5 heteroatoms. The first kappa shape index (κ1) is 19.9. The fourth-order valence-corrected chi connectivity index (χ4v) is 3.97. The van der Waals surface area contributed by atoms with Crippen molar-refractivity contribution in [3.63, 3.8) is 0 Å². The number of rotatable bonds is 3. The number of para-hydroxylation sites is 1. The van der Waals surface area contributed by atoms with E-state index in [1.54, 1.807) is 6.92 Å². The number of carbonyl (C=O) groups excluding carboxylic acids is 1. The summed E-state index contributed by atoms with van der Waals surface area (Å²) in [6.07, 6.45) is 0. The minimum Gasteiger partial charge on any atom is -0.399 e. The molecule has 0 radical (unpaired) electrons. The van der Waals surface area contributed by atoms with E-state index in [9.17, 15) is 4.79 Å². The Bertz CT molecular complexity index is 1010. The molecule has 3 aromatic rings. The van der Waals surface area contributed by atoms with E-state index in [0.717, 1.165) is 28.2 Å². The van der Waals surface area contributed by atoms with Gasteiger partial charge in [0.25, 0.3) is 0 Å². The largest absolute Gasteiger partial charge is 0.399 e. The average molecular weight is 394 g/mol. The van der Waals surface area contributed by atoms with Gasteiger partial charge in [-0.05, 0) is 47.9 Å². The number of ketones is 1. The van der Waals surface area contributed by atoms with Crippen molar-refractivity contribution < 1.29 is 4.79 Å². The monoisotopic (exact) mass is 393 g/mol. The van der Waals surface area contributed by atoms with Gasteiger partial charge in [0.15, 0.2) is 5.78 Å². The topological polar surface area (TPSA) is 72.3 Å². The molecule has 1 aliphatic heterocycles. The molecule has 0 saturated heterocycles. The van der Waals surface area contributed by atoms with Crippen molar-refractivity contribution >= 4 is 35.3 Å². The Hall–Kier alpha value is -2.82. The van der Waals surface area contributed by atoms with Gasteiger partial charge in [0, 0.05) is 35.6 Å². The van der Waals surface area contributed by atoms with Crippen molar-refractivity contribution in [1.29, 1.82) is 0 Å². The highest BCUT2D eigenvalue weighted by atomic mass is 35.5. The second-order valence-electron chi connectivity index (χ2n) is 7.11. The van der Waals surface area contributed by atoms with Crippen molar-refractivity contribution in [2.75, 3.05) is 17.7 Å². The maximum absolute atomic E-state index is 12.9. The van der Waals surface area contributed by atoms with E-state index in [4.69, 9.17) is 11.5 Å². The summed E-state index contributed by atoms with van der Waals surface area (Å²) < 4.78 is 0. The highest BCUT2D eigenvalue weighted by molar-refractivity contribution is 6.03. The Morgan fingerprint density at radius 2 is 1.61 bits per heavy atom. The normalized spacial score (nSPS) is 15.8. The van der Waals surface area contributed by atoms with Gasteiger partial charge >= 0.3 is 0 Å². The van der Waals surface area contributed by atoms with Gasteiger partial charge in [-0.2, -0.15) is 0 Å². The molecule has 1 heterocycles. The summed E-state index contributed by atoms with van der Waals surface area (Å²) in [6, 6.07) is 21.5. The van der Waals surface area contributed by atoms with Gasteiger partial charge in [-0.25, -0.2) is 0 Å². The number of nitrogens with two attached hydrogens (primary N) is 2. The molecule has 1 unspecified atom stereocenters. The van der Waals surface area contributed by atoms with Crippen molar-refractivity contribution in [3.8, 4) is 0 Å². The number of nitrogens with zero attached hydrogens (tertiary/aromatic N) is 1. The van der Waals surface area contributed by atoms with Gasteiger partial charge in [0.05, 0.1) is 6.04 Å². The van der Waals surface area contributed by atoms with Crippen LogP contribution in [0.3, 0.4) is 0 Å². The smallest absolute Gasteiger partial charge is 0.179 e. The molecule has 3 aromatic carbocycles. The summed E-state index contributed by atoms with van der Waals surface area (Å²) in [6.45, 7) is 1.74. The molecule has 4 N–H and O–H groups in total. The highest BCUT2D eigenvalue weighted by Crippen LogP contribution is 2.49. The lowest BCUT2D eigenvalue weighted by atomic mass is 9.77. The average Bonchev–Trinajstić information content (AvgIpc) is 2.68. The molecule has 0 fully saturated rings. The van der Waals surface area contributed by atoms with E-state index < -0.39 is 6.04 Å². The molecule has 1 aliphatic rings. The fraction of sp³-hybridized carbons (Fsp3) is 0.174. The Balaban J connectivity index is 0.00000225. The predicted octanol–water partition coefficient (Wildman–Crippen LogP) is 4.48. The van der Waals surface area contributed by atoms with Gasteiger partial charge in [-0.15, -0.1) is 12.4 Å². The van der Waals surface area contributed by atoms with Crippen LogP contribution < -0.4 is 16.4 Å². The Morgan fingerprint density at radius 3 is 2.29 bits per heavy atom. The predicted molar refractivity (Wildman–Crippen MR) is 118 cm³/mol. The molecule has 28 heavy (non-hydrogen) atoms. The molecule has 0 spiro atoms. The Morgan fingerprint density at radius 1 is 0.964 bits per heavy atom. The van der Waals surface area contributed by atoms with Crippen molar-refractivity contribution in [2.45, 2.75) is 18.9 Å². The van der Waals surface area contributed by atoms with Gasteiger partial charge in [-0.3, -0.25) is 4.79 Å². The van der Waals surface area contributed by atoms with E-state index in [2.05, 4.69) is 23.1 Å². The van der Waals surface area contributed by atoms with Crippen LogP contribution in [0.4, 0.5) is 17.1 Å². The molecule has 0 bridgehead atoms. The molecule has 0 aliphatic carbocycles. The summed E-state index contributed by atoms with van der Waals surface area (Å²) in [7, 11) is 2.04. The van der Waals surface area contributed by atoms with Crippen LogP contribution in [0.2, 0.25) is 0 Å². The van der Waals surface area contributed by atoms with E-state index in [1.165, 1.54) is 5.56 Å². The molecule has 0 saturated carbocycles. The summed E-state index contributed by atoms with van der Waals surface area (Å²) in [5, 5.41) is 0.